The van der Waals surface area contributed by atoms with E-state index in [0.29, 0.717) is 38.9 Å². The summed E-state index contributed by atoms with van der Waals surface area (Å²) in [5.74, 6) is -18.8. The molecule has 15 N–H and O–H groups in total. The molecule has 2 aliphatic heterocycles. The predicted octanol–water partition coefficient (Wildman–Crippen LogP) is 1.17. The summed E-state index contributed by atoms with van der Waals surface area (Å²) in [4.78, 5) is 191. The van der Waals surface area contributed by atoms with Crippen molar-refractivity contribution in [3.63, 3.8) is 0 Å². The number of nitrogens with one attached hydrogen (secondary N) is 11. The molecule has 15 atom stereocenters. The summed E-state index contributed by atoms with van der Waals surface area (Å²) in [5.41, 5.74) is 2.96. The number of hydrogen-bond donors (Lipinski definition) is 15. The van der Waals surface area contributed by atoms with Gasteiger partial charge in [-0.2, -0.15) is 0 Å². The second-order valence-electron chi connectivity index (χ2n) is 27.2. The molecule has 15 unspecified atom stereocenters. The molecule has 2 saturated heterocycles. The Morgan fingerprint density at radius 1 is 0.645 bits per heavy atom. The van der Waals surface area contributed by atoms with Gasteiger partial charge in [0.15, 0.2) is 6.04 Å². The monoisotopic (exact) mass is 1480 g/mol. The number of amides is 11. The van der Waals surface area contributed by atoms with Gasteiger partial charge in [0.1, 0.15) is 66.3 Å². The quantitative estimate of drug-likeness (QED) is 0.0459. The Balaban J connectivity index is 1.30. The zero-order valence-corrected chi connectivity index (χ0v) is 61.1. The number of carbonyl (C=O) groups excluding carboxylic acids is 12. The molecule has 2 aliphatic rings. The van der Waals surface area contributed by atoms with Crippen molar-refractivity contribution < 1.29 is 92.2 Å². The SMILES string of the molecule is CC=Cc1ccccc1C=CC(=O)NC1C(=O)NC(C)C(=O)NC(C(C)C(=O)O)C(=O)NCC(=O)NC(C(O)c2ccccc2)C(=O)N2CCCC2C(=O)NC(C(C)c2ccc(OC)cc2)C(=O)NC(Cc2c[nH]c3ccccc23)C(=O)NC(O)C(=O)NC(CC(C)C)C(=O)NC(C(O)C(C)C)C(=O)OC1C. The standard InChI is InChI=1S/C76H96N12O19/c1-11-20-46-21-15-16-22-47(46)30-33-56(89)82-60-44(9)107-76(105)62(63(91)40(4)5)86-66(94)53(35-39(2)3)81-72(100)73(101)87-67(95)54(36-49-37-77-52-26-18-17-25-51(49)52)80-70(98)58(41(6)45-28-31-50(106-10)32-29-45)85-68(96)55-27-19-34-88(55)74(102)61(64(92)48-23-13-12-14-24-48)83-57(90)38-78-69(97)59(42(7)75(103)104)84-65(93)43(8)79-71(60)99/h11-18,20-26,28-33,37,39-44,53-55,58-64,73,77,91-92,101H,19,27,34-36,38H2,1-10H3,(H,78,97)(H,79,99)(H,80,98)(H,81,100)(H,82,89)(H,83,90)(H,84,93)(H,85,96)(H,86,94)(H,87,95)(H,103,104). The maximum absolute atomic E-state index is 15.3. The van der Waals surface area contributed by atoms with Gasteiger partial charge in [0.25, 0.3) is 5.91 Å². The highest BCUT2D eigenvalue weighted by atomic mass is 16.5. The van der Waals surface area contributed by atoms with Crippen LogP contribution in [-0.2, 0) is 73.5 Å². The van der Waals surface area contributed by atoms with Gasteiger partial charge in [0, 0.05) is 42.1 Å². The lowest BCUT2D eigenvalue weighted by Gasteiger charge is -2.33. The highest BCUT2D eigenvalue weighted by Crippen LogP contribution is 2.28. The number of ether oxygens (including phenoxy) is 2. The van der Waals surface area contributed by atoms with Gasteiger partial charge in [0.2, 0.25) is 65.3 Å². The molecule has 0 radical (unpaired) electrons. The van der Waals surface area contributed by atoms with Crippen LogP contribution in [0.5, 0.6) is 5.75 Å². The molecule has 3 heterocycles. The first-order valence-electron chi connectivity index (χ1n) is 35.2. The Bertz CT molecular complexity index is 4090. The van der Waals surface area contributed by atoms with Gasteiger partial charge in [-0.25, -0.2) is 4.79 Å². The summed E-state index contributed by atoms with van der Waals surface area (Å²) >= 11 is 0. The molecule has 1 aromatic heterocycles. The molecule has 7 rings (SSSR count). The number of allylic oxidation sites excluding steroid dienone is 1. The molecule has 0 bridgehead atoms. The molecule has 2 fully saturated rings. The van der Waals surface area contributed by atoms with Crippen LogP contribution in [0.3, 0.4) is 0 Å². The summed E-state index contributed by atoms with van der Waals surface area (Å²) < 4.78 is 11.2. The first-order valence-corrected chi connectivity index (χ1v) is 35.2. The second-order valence-corrected chi connectivity index (χ2v) is 27.2. The van der Waals surface area contributed by atoms with Gasteiger partial charge >= 0.3 is 11.9 Å². The zero-order chi connectivity index (χ0) is 78.5. The van der Waals surface area contributed by atoms with Crippen LogP contribution in [0.4, 0.5) is 0 Å². The first kappa shape index (κ1) is 83.0. The molecule has 4 aromatic carbocycles. The van der Waals surface area contributed by atoms with Crippen molar-refractivity contribution in [2.75, 3.05) is 20.2 Å². The van der Waals surface area contributed by atoms with Gasteiger partial charge in [0.05, 0.1) is 25.7 Å². The smallest absolute Gasteiger partial charge is 0.331 e. The van der Waals surface area contributed by atoms with Crippen LogP contribution in [0.15, 0.2) is 121 Å². The van der Waals surface area contributed by atoms with Crippen LogP contribution in [0, 0.1) is 17.8 Å². The van der Waals surface area contributed by atoms with Crippen molar-refractivity contribution in [2.45, 2.75) is 173 Å². The largest absolute Gasteiger partial charge is 0.497 e. The first-order chi connectivity index (χ1) is 50.8. The number of rotatable bonds is 17. The van der Waals surface area contributed by atoms with Crippen LogP contribution in [0.1, 0.15) is 121 Å². The van der Waals surface area contributed by atoms with Crippen LogP contribution < -0.4 is 57.9 Å². The van der Waals surface area contributed by atoms with E-state index in [2.05, 4.69) is 58.2 Å². The van der Waals surface area contributed by atoms with Gasteiger partial charge in [-0.1, -0.05) is 132 Å². The number of esters is 1. The zero-order valence-electron chi connectivity index (χ0n) is 61.1. The fraction of sp³-hybridized carbons (Fsp3) is 0.434. The molecule has 31 nitrogen and oxygen atoms in total. The molecule has 11 amide bonds. The third kappa shape index (κ3) is 22.4. The molecule has 5 aromatic rings. The summed E-state index contributed by atoms with van der Waals surface area (Å²) in [6.45, 7) is 11.9. The van der Waals surface area contributed by atoms with Gasteiger partial charge < -0.3 is 93.0 Å². The number of H-pyrrole nitrogens is 1. The number of nitrogens with zero attached hydrogens (tertiary/aromatic N) is 1. The summed E-state index contributed by atoms with van der Waals surface area (Å²) in [6.07, 6.45) is -0.545. The van der Waals surface area contributed by atoms with E-state index in [1.54, 1.807) is 137 Å². The van der Waals surface area contributed by atoms with E-state index in [1.165, 1.54) is 39.2 Å². The number of cyclic esters (lactones) is 1. The van der Waals surface area contributed by atoms with E-state index < -0.39 is 186 Å². The van der Waals surface area contributed by atoms with Gasteiger partial charge in [-0.3, -0.25) is 57.5 Å². The number of carbonyl (C=O) groups is 13. The van der Waals surface area contributed by atoms with E-state index in [1.807, 2.05) is 0 Å². The van der Waals surface area contributed by atoms with E-state index in [0.717, 1.165) is 31.7 Å². The number of methoxy groups -OCH3 is 1. The van der Waals surface area contributed by atoms with E-state index in [4.69, 9.17) is 9.47 Å². The average Bonchev–Trinajstić information content (AvgIpc) is 1.63. The number of carboxylic acids is 1. The highest BCUT2D eigenvalue weighted by Gasteiger charge is 2.45. The van der Waals surface area contributed by atoms with Crippen molar-refractivity contribution in [1.29, 1.82) is 0 Å². The second kappa shape index (κ2) is 38.6. The minimum atomic E-state index is -2.47. The van der Waals surface area contributed by atoms with Crippen LogP contribution >= 0.6 is 0 Å². The lowest BCUT2D eigenvalue weighted by atomic mass is 9.91. The molecule has 0 saturated carbocycles. The lowest BCUT2D eigenvalue weighted by Crippen LogP contribution is -2.62. The summed E-state index contributed by atoms with van der Waals surface area (Å²) in [6, 6.07) is 12.2. The highest BCUT2D eigenvalue weighted by molar-refractivity contribution is 6.01. The number of para-hydroxylation sites is 1. The number of aliphatic hydroxyl groups excluding tert-OH is 3. The normalized spacial score (nSPS) is 24.8. The Labute approximate surface area is 618 Å². The Morgan fingerprint density at radius 3 is 1.91 bits per heavy atom. The number of aliphatic hydroxyl groups is 3. The van der Waals surface area contributed by atoms with Crippen molar-refractivity contribution in [3.8, 4) is 5.75 Å². The lowest BCUT2D eigenvalue weighted by molar-refractivity contribution is -0.160. The molecular formula is C76H96N12O19. The molecular weight excluding hydrogens is 1380 g/mol. The van der Waals surface area contributed by atoms with Crippen LogP contribution in [0.2, 0.25) is 0 Å². The molecule has 107 heavy (non-hydrogen) atoms. The van der Waals surface area contributed by atoms with Crippen molar-refractivity contribution in [1.82, 2.24) is 63.1 Å². The summed E-state index contributed by atoms with van der Waals surface area (Å²) in [7, 11) is 1.44. The Morgan fingerprint density at radius 2 is 1.26 bits per heavy atom. The number of hydrogen-bond acceptors (Lipinski definition) is 18. The van der Waals surface area contributed by atoms with Crippen LogP contribution in [0.25, 0.3) is 23.1 Å². The maximum Gasteiger partial charge on any atom is 0.331 e. The fourth-order valence-electron chi connectivity index (χ4n) is 12.3. The topological polar surface area (TPSA) is 461 Å². The van der Waals surface area contributed by atoms with E-state index in [-0.39, 0.29) is 37.8 Å². The van der Waals surface area contributed by atoms with E-state index in [9.17, 15) is 68.4 Å². The van der Waals surface area contributed by atoms with Gasteiger partial charge in [-0.15, -0.1) is 0 Å². The van der Waals surface area contributed by atoms with Crippen molar-refractivity contribution >= 4 is 100.0 Å². The maximum atomic E-state index is 15.3. The number of aromatic amines is 1. The number of aromatic nitrogens is 1. The molecule has 0 aliphatic carbocycles. The van der Waals surface area contributed by atoms with Crippen LogP contribution in [-0.4, -0.2) is 200 Å². The fourth-order valence-corrected chi connectivity index (χ4v) is 12.3. The molecule has 574 valence electrons. The number of carboxylic acid groups (broad SMARTS) is 1. The Kier molecular flexibility index (Phi) is 30.0. The van der Waals surface area contributed by atoms with E-state index >= 15 is 14.4 Å². The minimum Gasteiger partial charge on any atom is -0.497 e. The molecule has 31 heteroatoms. The number of fused-ring (bicyclic) bond motifs is 2. The van der Waals surface area contributed by atoms with Gasteiger partial charge in [-0.05, 0) is 111 Å². The minimum absolute atomic E-state index is 0.0162. The average molecular weight is 1480 g/mol. The number of aliphatic carboxylic acids is 1. The van der Waals surface area contributed by atoms with Crippen molar-refractivity contribution in [2.24, 2.45) is 17.8 Å². The third-order valence-electron chi connectivity index (χ3n) is 18.5. The summed E-state index contributed by atoms with van der Waals surface area (Å²) in [5, 5.41) is 70.5. The van der Waals surface area contributed by atoms with Crippen molar-refractivity contribution in [3.05, 3.63) is 149 Å². The predicted molar refractivity (Wildman–Crippen MR) is 391 cm³/mol. The third-order valence-corrected chi connectivity index (χ3v) is 18.5. The number of benzene rings is 4. The molecule has 0 spiro atoms. The Hall–Kier alpha value is -11.3.